The van der Waals surface area contributed by atoms with Crippen molar-refractivity contribution in [3.05, 3.63) is 53.6 Å². The van der Waals surface area contributed by atoms with E-state index in [9.17, 15) is 0 Å². The first-order valence-electron chi connectivity index (χ1n) is 8.18. The predicted molar refractivity (Wildman–Crippen MR) is 97.0 cm³/mol. The molecule has 4 nitrogen and oxygen atoms in total. The molecule has 0 radical (unpaired) electrons. The van der Waals surface area contributed by atoms with E-state index in [0.29, 0.717) is 31.3 Å². The van der Waals surface area contributed by atoms with Crippen molar-refractivity contribution in [1.82, 2.24) is 0 Å². The minimum atomic E-state index is 0.143. The molecule has 0 unspecified atom stereocenters. The predicted octanol–water partition coefficient (Wildman–Crippen LogP) is 3.91. The number of hydrogen-bond acceptors (Lipinski definition) is 4. The van der Waals surface area contributed by atoms with Gasteiger partial charge in [-0.05, 0) is 29.2 Å². The molecule has 0 saturated heterocycles. The highest BCUT2D eigenvalue weighted by Gasteiger charge is 2.13. The zero-order valence-electron chi connectivity index (χ0n) is 15.0. The van der Waals surface area contributed by atoms with Crippen molar-refractivity contribution in [2.45, 2.75) is 32.7 Å². The van der Waals surface area contributed by atoms with Gasteiger partial charge in [0.05, 0.1) is 7.11 Å². The second-order valence-corrected chi connectivity index (χ2v) is 6.62. The first-order chi connectivity index (χ1) is 11.5. The molecule has 0 aromatic heterocycles. The molecule has 0 heterocycles. The molecular formula is C20H27NO3. The van der Waals surface area contributed by atoms with Gasteiger partial charge in [0.2, 0.25) is 0 Å². The third-order valence-corrected chi connectivity index (χ3v) is 3.82. The number of rotatable bonds is 7. The molecule has 0 aliphatic rings. The van der Waals surface area contributed by atoms with E-state index in [1.807, 2.05) is 30.3 Å². The lowest BCUT2D eigenvalue weighted by molar-refractivity contribution is 0.210. The summed E-state index contributed by atoms with van der Waals surface area (Å²) in [6.45, 7) is 7.86. The Labute approximate surface area is 144 Å². The zero-order valence-corrected chi connectivity index (χ0v) is 15.0. The van der Waals surface area contributed by atoms with Crippen LogP contribution < -0.4 is 19.9 Å². The van der Waals surface area contributed by atoms with Crippen LogP contribution in [0.5, 0.6) is 17.2 Å². The smallest absolute Gasteiger partial charge is 0.165 e. The Morgan fingerprint density at radius 3 is 2.17 bits per heavy atom. The third-order valence-electron chi connectivity index (χ3n) is 3.82. The molecule has 2 aromatic carbocycles. The van der Waals surface area contributed by atoms with Gasteiger partial charge in [0, 0.05) is 12.1 Å². The average Bonchev–Trinajstić information content (AvgIpc) is 2.58. The minimum Gasteiger partial charge on any atom is -0.493 e. The zero-order chi connectivity index (χ0) is 17.6. The van der Waals surface area contributed by atoms with Crippen LogP contribution in [0.3, 0.4) is 0 Å². The summed E-state index contributed by atoms with van der Waals surface area (Å²) in [5.41, 5.74) is 8.10. The molecule has 24 heavy (non-hydrogen) atoms. The Balaban J connectivity index is 1.89. The van der Waals surface area contributed by atoms with Gasteiger partial charge in [0.25, 0.3) is 0 Å². The monoisotopic (exact) mass is 329 g/mol. The fraction of sp³-hybridized carbons (Fsp3) is 0.400. The van der Waals surface area contributed by atoms with Gasteiger partial charge in [0.1, 0.15) is 19.0 Å². The Bertz CT molecular complexity index is 623. The topological polar surface area (TPSA) is 53.7 Å². The molecular weight excluding hydrogens is 302 g/mol. The van der Waals surface area contributed by atoms with Gasteiger partial charge in [-0.3, -0.25) is 0 Å². The van der Waals surface area contributed by atoms with Gasteiger partial charge in [0.15, 0.2) is 11.5 Å². The van der Waals surface area contributed by atoms with Crippen molar-refractivity contribution in [3.8, 4) is 17.2 Å². The standard InChI is InChI=1S/C20H27NO3/c1-20(2,3)16-8-10-17(11-9-16)23-12-13-24-19-15(14-21)6-5-7-18(19)22-4/h5-11H,12-14,21H2,1-4H3. The molecule has 0 saturated carbocycles. The van der Waals surface area contributed by atoms with Crippen LogP contribution >= 0.6 is 0 Å². The van der Waals surface area contributed by atoms with Crippen LogP contribution in [0.15, 0.2) is 42.5 Å². The van der Waals surface area contributed by atoms with Gasteiger partial charge in [-0.1, -0.05) is 45.0 Å². The van der Waals surface area contributed by atoms with E-state index in [1.165, 1.54) is 5.56 Å². The lowest BCUT2D eigenvalue weighted by atomic mass is 9.87. The van der Waals surface area contributed by atoms with Crippen molar-refractivity contribution in [3.63, 3.8) is 0 Å². The van der Waals surface area contributed by atoms with Crippen molar-refractivity contribution in [2.75, 3.05) is 20.3 Å². The Morgan fingerprint density at radius 2 is 1.58 bits per heavy atom. The molecule has 0 atom stereocenters. The van der Waals surface area contributed by atoms with Crippen LogP contribution in [0, 0.1) is 0 Å². The van der Waals surface area contributed by atoms with Gasteiger partial charge >= 0.3 is 0 Å². The summed E-state index contributed by atoms with van der Waals surface area (Å²) < 4.78 is 16.9. The summed E-state index contributed by atoms with van der Waals surface area (Å²) in [6.07, 6.45) is 0. The molecule has 2 rings (SSSR count). The van der Waals surface area contributed by atoms with Crippen LogP contribution in [0.4, 0.5) is 0 Å². The molecule has 0 aliphatic carbocycles. The molecule has 0 fully saturated rings. The fourth-order valence-corrected chi connectivity index (χ4v) is 2.40. The summed E-state index contributed by atoms with van der Waals surface area (Å²) in [7, 11) is 1.62. The second-order valence-electron chi connectivity index (χ2n) is 6.62. The molecule has 130 valence electrons. The van der Waals surface area contributed by atoms with Crippen molar-refractivity contribution in [2.24, 2.45) is 5.73 Å². The number of benzene rings is 2. The normalized spacial score (nSPS) is 11.2. The Morgan fingerprint density at radius 1 is 0.917 bits per heavy atom. The van der Waals surface area contributed by atoms with Gasteiger partial charge in [-0.25, -0.2) is 0 Å². The molecule has 4 heteroatoms. The van der Waals surface area contributed by atoms with Gasteiger partial charge < -0.3 is 19.9 Å². The summed E-state index contributed by atoms with van der Waals surface area (Å²) >= 11 is 0. The Kier molecular flexibility index (Phi) is 6.10. The van der Waals surface area contributed by atoms with Crippen LogP contribution in [-0.4, -0.2) is 20.3 Å². The highest BCUT2D eigenvalue weighted by atomic mass is 16.5. The largest absolute Gasteiger partial charge is 0.493 e. The molecule has 2 N–H and O–H groups in total. The summed E-state index contributed by atoms with van der Waals surface area (Å²) in [5, 5.41) is 0. The maximum atomic E-state index is 5.82. The molecule has 2 aromatic rings. The SMILES string of the molecule is COc1cccc(CN)c1OCCOc1ccc(C(C)(C)C)cc1. The number of ether oxygens (including phenoxy) is 3. The van der Waals surface area contributed by atoms with E-state index in [-0.39, 0.29) is 5.41 Å². The minimum absolute atomic E-state index is 0.143. The summed E-state index contributed by atoms with van der Waals surface area (Å²) in [4.78, 5) is 0. The lowest BCUT2D eigenvalue weighted by Crippen LogP contribution is -2.12. The summed E-state index contributed by atoms with van der Waals surface area (Å²) in [6, 6.07) is 13.9. The van der Waals surface area contributed by atoms with Crippen molar-refractivity contribution >= 4 is 0 Å². The Hall–Kier alpha value is -2.20. The second kappa shape index (κ2) is 8.06. The van der Waals surface area contributed by atoms with Crippen molar-refractivity contribution < 1.29 is 14.2 Å². The average molecular weight is 329 g/mol. The first-order valence-corrected chi connectivity index (χ1v) is 8.18. The van der Waals surface area contributed by atoms with E-state index in [4.69, 9.17) is 19.9 Å². The van der Waals surface area contributed by atoms with Crippen LogP contribution in [0.2, 0.25) is 0 Å². The number of nitrogens with two attached hydrogens (primary N) is 1. The number of para-hydroxylation sites is 1. The summed E-state index contributed by atoms with van der Waals surface area (Å²) in [5.74, 6) is 2.22. The molecule has 0 bridgehead atoms. The fourth-order valence-electron chi connectivity index (χ4n) is 2.40. The van der Waals surface area contributed by atoms with Crippen LogP contribution in [-0.2, 0) is 12.0 Å². The van der Waals surface area contributed by atoms with Gasteiger partial charge in [-0.15, -0.1) is 0 Å². The number of methoxy groups -OCH3 is 1. The van der Waals surface area contributed by atoms with E-state index in [1.54, 1.807) is 7.11 Å². The third kappa shape index (κ3) is 4.65. The number of hydrogen-bond donors (Lipinski definition) is 1. The molecule has 0 aliphatic heterocycles. The van der Waals surface area contributed by atoms with E-state index in [0.717, 1.165) is 11.3 Å². The van der Waals surface area contributed by atoms with Crippen LogP contribution in [0.1, 0.15) is 31.9 Å². The maximum Gasteiger partial charge on any atom is 0.165 e. The maximum absolute atomic E-state index is 5.82. The van der Waals surface area contributed by atoms with E-state index in [2.05, 4.69) is 32.9 Å². The lowest BCUT2D eigenvalue weighted by Gasteiger charge is -2.19. The van der Waals surface area contributed by atoms with E-state index >= 15 is 0 Å². The van der Waals surface area contributed by atoms with Crippen molar-refractivity contribution in [1.29, 1.82) is 0 Å². The first kappa shape index (κ1) is 18.1. The van der Waals surface area contributed by atoms with E-state index < -0.39 is 0 Å². The van der Waals surface area contributed by atoms with Crippen LogP contribution in [0.25, 0.3) is 0 Å². The highest BCUT2D eigenvalue weighted by Crippen LogP contribution is 2.30. The quantitative estimate of drug-likeness (QED) is 0.783. The molecule has 0 amide bonds. The highest BCUT2D eigenvalue weighted by molar-refractivity contribution is 5.46. The molecule has 0 spiro atoms. The van der Waals surface area contributed by atoms with Gasteiger partial charge in [-0.2, -0.15) is 0 Å².